The third kappa shape index (κ3) is 3.82. The van der Waals surface area contributed by atoms with Crippen LogP contribution in [0.4, 0.5) is 0 Å². The van der Waals surface area contributed by atoms with Gasteiger partial charge in [-0.25, -0.2) is 0 Å². The maximum absolute atomic E-state index is 11.6. The van der Waals surface area contributed by atoms with Crippen molar-refractivity contribution in [2.75, 3.05) is 6.54 Å². The Morgan fingerprint density at radius 2 is 1.87 bits per heavy atom. The Kier molecular flexibility index (Phi) is 4.58. The summed E-state index contributed by atoms with van der Waals surface area (Å²) in [5, 5.41) is 0. The van der Waals surface area contributed by atoms with Crippen molar-refractivity contribution in [3.05, 3.63) is 0 Å². The minimum absolute atomic E-state index is 0.116. The molecule has 1 fully saturated rings. The number of carbonyl (C=O) groups is 1. The standard InChI is InChI=1S/C12H23NO2/c1-8-4-9(2)6-11(5-8)15-12(14)10(3)7-13/h8-11H,4-7,13H2,1-3H3. The molecule has 0 amide bonds. The highest BCUT2D eigenvalue weighted by Crippen LogP contribution is 2.30. The second kappa shape index (κ2) is 5.50. The summed E-state index contributed by atoms with van der Waals surface area (Å²) in [4.78, 5) is 11.6. The van der Waals surface area contributed by atoms with Gasteiger partial charge in [-0.3, -0.25) is 4.79 Å². The van der Waals surface area contributed by atoms with Crippen molar-refractivity contribution < 1.29 is 9.53 Å². The maximum Gasteiger partial charge on any atom is 0.310 e. The van der Waals surface area contributed by atoms with Gasteiger partial charge < -0.3 is 10.5 Å². The van der Waals surface area contributed by atoms with Crippen LogP contribution in [0.1, 0.15) is 40.0 Å². The van der Waals surface area contributed by atoms with Gasteiger partial charge in [0.2, 0.25) is 0 Å². The van der Waals surface area contributed by atoms with E-state index >= 15 is 0 Å². The summed E-state index contributed by atoms with van der Waals surface area (Å²) in [6.07, 6.45) is 3.38. The van der Waals surface area contributed by atoms with Gasteiger partial charge in [-0.1, -0.05) is 20.8 Å². The molecule has 1 aliphatic carbocycles. The first-order valence-corrected chi connectivity index (χ1v) is 5.93. The van der Waals surface area contributed by atoms with Crippen LogP contribution in [0.2, 0.25) is 0 Å². The molecule has 0 aliphatic heterocycles. The molecule has 0 spiro atoms. The van der Waals surface area contributed by atoms with E-state index in [9.17, 15) is 4.79 Å². The molecule has 2 N–H and O–H groups in total. The first-order chi connectivity index (χ1) is 7.02. The third-order valence-electron chi connectivity index (χ3n) is 3.17. The summed E-state index contributed by atoms with van der Waals surface area (Å²) in [5.74, 6) is 1.03. The van der Waals surface area contributed by atoms with Gasteiger partial charge in [-0.2, -0.15) is 0 Å². The van der Waals surface area contributed by atoms with Gasteiger partial charge in [-0.15, -0.1) is 0 Å². The molecule has 0 aromatic rings. The van der Waals surface area contributed by atoms with Gasteiger partial charge in [0.05, 0.1) is 5.92 Å². The van der Waals surface area contributed by atoms with E-state index in [-0.39, 0.29) is 18.0 Å². The van der Waals surface area contributed by atoms with Gasteiger partial charge in [0.15, 0.2) is 0 Å². The Hall–Kier alpha value is -0.570. The van der Waals surface area contributed by atoms with E-state index in [2.05, 4.69) is 13.8 Å². The minimum atomic E-state index is -0.169. The monoisotopic (exact) mass is 213 g/mol. The lowest BCUT2D eigenvalue weighted by Gasteiger charge is -2.31. The van der Waals surface area contributed by atoms with E-state index in [1.54, 1.807) is 0 Å². The summed E-state index contributed by atoms with van der Waals surface area (Å²) in [7, 11) is 0. The summed E-state index contributed by atoms with van der Waals surface area (Å²) in [6.45, 7) is 6.64. The average Bonchev–Trinajstić information content (AvgIpc) is 2.14. The van der Waals surface area contributed by atoms with Gasteiger partial charge in [0.25, 0.3) is 0 Å². The molecule has 0 saturated heterocycles. The van der Waals surface area contributed by atoms with Gasteiger partial charge in [-0.05, 0) is 31.1 Å². The number of rotatable bonds is 3. The lowest BCUT2D eigenvalue weighted by molar-refractivity contribution is -0.156. The number of ether oxygens (including phenoxy) is 1. The predicted octanol–water partition coefficient (Wildman–Crippen LogP) is 1.95. The Bertz CT molecular complexity index is 208. The molecule has 0 heterocycles. The molecule has 0 radical (unpaired) electrons. The van der Waals surface area contributed by atoms with Crippen LogP contribution in [-0.4, -0.2) is 18.6 Å². The van der Waals surface area contributed by atoms with Crippen molar-refractivity contribution in [3.63, 3.8) is 0 Å². The lowest BCUT2D eigenvalue weighted by atomic mass is 9.82. The van der Waals surface area contributed by atoms with Crippen LogP contribution in [0.15, 0.2) is 0 Å². The molecule has 3 nitrogen and oxygen atoms in total. The van der Waals surface area contributed by atoms with Crippen LogP contribution in [0.3, 0.4) is 0 Å². The molecule has 3 unspecified atom stereocenters. The van der Waals surface area contributed by atoms with Crippen molar-refractivity contribution in [1.82, 2.24) is 0 Å². The van der Waals surface area contributed by atoms with Crippen molar-refractivity contribution in [3.8, 4) is 0 Å². The smallest absolute Gasteiger partial charge is 0.310 e. The zero-order chi connectivity index (χ0) is 11.4. The number of esters is 1. The van der Waals surface area contributed by atoms with Gasteiger partial charge in [0, 0.05) is 6.54 Å². The highest BCUT2D eigenvalue weighted by Gasteiger charge is 2.27. The fourth-order valence-electron chi connectivity index (χ4n) is 2.35. The SMILES string of the molecule is CC1CC(C)CC(OC(=O)C(C)CN)C1. The Balaban J connectivity index is 2.40. The normalized spacial score (nSPS) is 33.5. The molecule has 0 aromatic heterocycles. The zero-order valence-electron chi connectivity index (χ0n) is 10.0. The topological polar surface area (TPSA) is 52.3 Å². The fourth-order valence-corrected chi connectivity index (χ4v) is 2.35. The molecule has 3 atom stereocenters. The van der Waals surface area contributed by atoms with E-state index in [0.717, 1.165) is 12.8 Å². The lowest BCUT2D eigenvalue weighted by Crippen LogP contribution is -2.32. The maximum atomic E-state index is 11.6. The highest BCUT2D eigenvalue weighted by molar-refractivity contribution is 5.72. The Labute approximate surface area is 92.4 Å². The van der Waals surface area contributed by atoms with Crippen molar-refractivity contribution >= 4 is 5.97 Å². The molecule has 0 aromatic carbocycles. The summed E-state index contributed by atoms with van der Waals surface area (Å²) in [5.41, 5.74) is 5.43. The van der Waals surface area contributed by atoms with Crippen molar-refractivity contribution in [2.24, 2.45) is 23.5 Å². The van der Waals surface area contributed by atoms with Gasteiger partial charge in [0.1, 0.15) is 6.10 Å². The average molecular weight is 213 g/mol. The number of carbonyl (C=O) groups excluding carboxylic acids is 1. The van der Waals surface area contributed by atoms with E-state index in [1.807, 2.05) is 6.92 Å². The number of hydrogen-bond donors (Lipinski definition) is 1. The molecule has 0 bridgehead atoms. The highest BCUT2D eigenvalue weighted by atomic mass is 16.5. The van der Waals surface area contributed by atoms with Crippen molar-refractivity contribution in [1.29, 1.82) is 0 Å². The molecule has 1 aliphatic rings. The quantitative estimate of drug-likeness (QED) is 0.729. The molecular formula is C12H23NO2. The molecule has 3 heteroatoms. The Morgan fingerprint density at radius 1 is 1.33 bits per heavy atom. The van der Waals surface area contributed by atoms with Crippen molar-refractivity contribution in [2.45, 2.75) is 46.1 Å². The molecule has 88 valence electrons. The van der Waals surface area contributed by atoms with Crippen LogP contribution in [-0.2, 0) is 9.53 Å². The second-order valence-corrected chi connectivity index (χ2v) is 5.11. The molecule has 1 saturated carbocycles. The first-order valence-electron chi connectivity index (χ1n) is 5.93. The molecule has 1 rings (SSSR count). The minimum Gasteiger partial charge on any atom is -0.462 e. The number of nitrogens with two attached hydrogens (primary N) is 1. The zero-order valence-corrected chi connectivity index (χ0v) is 10.0. The van der Waals surface area contributed by atoms with Crippen LogP contribution in [0, 0.1) is 17.8 Å². The summed E-state index contributed by atoms with van der Waals surface area (Å²) in [6, 6.07) is 0. The van der Waals surface area contributed by atoms with Gasteiger partial charge >= 0.3 is 5.97 Å². The third-order valence-corrected chi connectivity index (χ3v) is 3.17. The van der Waals surface area contributed by atoms with E-state index < -0.39 is 0 Å². The number of hydrogen-bond acceptors (Lipinski definition) is 3. The van der Waals surface area contributed by atoms with E-state index in [1.165, 1.54) is 6.42 Å². The van der Waals surface area contributed by atoms with Crippen LogP contribution in [0.5, 0.6) is 0 Å². The van der Waals surface area contributed by atoms with E-state index in [0.29, 0.717) is 18.4 Å². The largest absolute Gasteiger partial charge is 0.462 e. The van der Waals surface area contributed by atoms with Crippen LogP contribution >= 0.6 is 0 Å². The molecule has 15 heavy (non-hydrogen) atoms. The molecular weight excluding hydrogens is 190 g/mol. The summed E-state index contributed by atoms with van der Waals surface area (Å²) < 4.78 is 5.47. The fraction of sp³-hybridized carbons (Fsp3) is 0.917. The first kappa shape index (κ1) is 12.5. The Morgan fingerprint density at radius 3 is 2.33 bits per heavy atom. The summed E-state index contributed by atoms with van der Waals surface area (Å²) >= 11 is 0. The predicted molar refractivity (Wildman–Crippen MR) is 60.3 cm³/mol. The van der Waals surface area contributed by atoms with Crippen LogP contribution < -0.4 is 5.73 Å². The van der Waals surface area contributed by atoms with E-state index in [4.69, 9.17) is 10.5 Å². The van der Waals surface area contributed by atoms with Crippen LogP contribution in [0.25, 0.3) is 0 Å². The second-order valence-electron chi connectivity index (χ2n) is 5.11.